The fourth-order valence-electron chi connectivity index (χ4n) is 3.33. The lowest BCUT2D eigenvalue weighted by Crippen LogP contribution is -2.32. The number of ether oxygens (including phenoxy) is 2. The molecule has 2 aromatic carbocycles. The molecule has 0 atom stereocenters. The smallest absolute Gasteiger partial charge is 0.246 e. The highest BCUT2D eigenvalue weighted by molar-refractivity contribution is 7.92. The Morgan fingerprint density at radius 1 is 1.06 bits per heavy atom. The van der Waals surface area contributed by atoms with Gasteiger partial charge in [0.2, 0.25) is 27.6 Å². The lowest BCUT2D eigenvalue weighted by molar-refractivity contribution is -0.130. The maximum Gasteiger partial charge on any atom is 0.246 e. The van der Waals surface area contributed by atoms with E-state index in [1.54, 1.807) is 50.6 Å². The van der Waals surface area contributed by atoms with Gasteiger partial charge in [0.05, 0.1) is 32.7 Å². The van der Waals surface area contributed by atoms with Gasteiger partial charge in [0, 0.05) is 25.6 Å². The Kier molecular flexibility index (Phi) is 8.11. The highest BCUT2D eigenvalue weighted by atomic mass is 32.2. The second-order valence-electron chi connectivity index (χ2n) is 7.60. The number of hydrogen-bond acceptors (Lipinski definition) is 8. The van der Waals surface area contributed by atoms with Gasteiger partial charge < -0.3 is 18.9 Å². The Bertz CT molecular complexity index is 1210. The van der Waals surface area contributed by atoms with Crippen molar-refractivity contribution in [2.24, 2.45) is 0 Å². The molecule has 0 aliphatic carbocycles. The molecule has 0 radical (unpaired) electrons. The Morgan fingerprint density at radius 3 is 2.41 bits per heavy atom. The summed E-state index contributed by atoms with van der Waals surface area (Å²) in [7, 11) is 1.15. The molecule has 0 fully saturated rings. The number of anilines is 1. The number of rotatable bonds is 11. The molecule has 182 valence electrons. The predicted molar refractivity (Wildman–Crippen MR) is 127 cm³/mol. The van der Waals surface area contributed by atoms with Crippen molar-refractivity contribution in [2.75, 3.05) is 38.4 Å². The van der Waals surface area contributed by atoms with Gasteiger partial charge >= 0.3 is 0 Å². The van der Waals surface area contributed by atoms with Gasteiger partial charge in [0.1, 0.15) is 11.5 Å². The minimum absolute atomic E-state index is 0.140. The molecule has 0 spiro atoms. The first-order valence-corrected chi connectivity index (χ1v) is 12.4. The molecule has 0 unspecified atom stereocenters. The Morgan fingerprint density at radius 2 is 1.76 bits per heavy atom. The van der Waals surface area contributed by atoms with Crippen molar-refractivity contribution in [3.05, 3.63) is 54.4 Å². The van der Waals surface area contributed by atoms with Crippen LogP contribution >= 0.6 is 0 Å². The third-order valence-corrected chi connectivity index (χ3v) is 6.30. The standard InChI is InChI=1S/C23H28N4O6S/c1-26(16-21-24-23(25-33-21)17-11-13-18(31-2)14-12-17)22(28)10-7-15-27(34(4,29)30)19-8-5-6-9-20(19)32-3/h5-6,8-9,11-14H,7,10,15-16H2,1-4H3. The van der Waals surface area contributed by atoms with Gasteiger partial charge in [-0.15, -0.1) is 0 Å². The number of nitrogens with zero attached hydrogens (tertiary/aromatic N) is 4. The number of carbonyl (C=O) groups is 1. The van der Waals surface area contributed by atoms with Crippen LogP contribution in [0.5, 0.6) is 11.5 Å². The molecule has 0 saturated heterocycles. The van der Waals surface area contributed by atoms with Crippen molar-refractivity contribution in [3.63, 3.8) is 0 Å². The number of hydrogen-bond donors (Lipinski definition) is 0. The van der Waals surface area contributed by atoms with Gasteiger partial charge in [-0.05, 0) is 42.8 Å². The zero-order valence-corrected chi connectivity index (χ0v) is 20.4. The topological polar surface area (TPSA) is 115 Å². The van der Waals surface area contributed by atoms with Crippen molar-refractivity contribution in [3.8, 4) is 22.9 Å². The van der Waals surface area contributed by atoms with E-state index in [1.807, 2.05) is 12.1 Å². The monoisotopic (exact) mass is 488 g/mol. The number of carbonyl (C=O) groups excluding carboxylic acids is 1. The van der Waals surface area contributed by atoms with E-state index in [0.29, 0.717) is 29.6 Å². The molecule has 3 aromatic rings. The van der Waals surface area contributed by atoms with Crippen LogP contribution in [0.15, 0.2) is 53.1 Å². The first kappa shape index (κ1) is 25.0. The van der Waals surface area contributed by atoms with Gasteiger partial charge in [-0.2, -0.15) is 4.98 Å². The molecule has 3 rings (SSSR count). The molecule has 0 aliphatic rings. The fraction of sp³-hybridized carbons (Fsp3) is 0.348. The second-order valence-corrected chi connectivity index (χ2v) is 9.51. The van der Waals surface area contributed by atoms with Crippen LogP contribution in [-0.2, 0) is 21.4 Å². The Hall–Kier alpha value is -3.60. The SMILES string of the molecule is COc1ccc(-c2noc(CN(C)C(=O)CCCN(c3ccccc3OC)S(C)(=O)=O)n2)cc1. The molecular weight excluding hydrogens is 460 g/mol. The molecule has 0 N–H and O–H groups in total. The van der Waals surface area contributed by atoms with E-state index in [9.17, 15) is 13.2 Å². The van der Waals surface area contributed by atoms with Crippen molar-refractivity contribution in [2.45, 2.75) is 19.4 Å². The van der Waals surface area contributed by atoms with Gasteiger partial charge in [-0.3, -0.25) is 9.10 Å². The van der Waals surface area contributed by atoms with Gasteiger partial charge in [0.15, 0.2) is 0 Å². The minimum Gasteiger partial charge on any atom is -0.497 e. The van der Waals surface area contributed by atoms with E-state index in [4.69, 9.17) is 14.0 Å². The summed E-state index contributed by atoms with van der Waals surface area (Å²) in [6.45, 7) is 0.283. The average molecular weight is 489 g/mol. The number of amides is 1. The summed E-state index contributed by atoms with van der Waals surface area (Å²) < 4.78 is 41.6. The fourth-order valence-corrected chi connectivity index (χ4v) is 4.30. The Balaban J connectivity index is 1.57. The molecule has 0 saturated carbocycles. The van der Waals surface area contributed by atoms with E-state index < -0.39 is 10.0 Å². The predicted octanol–water partition coefficient (Wildman–Crippen LogP) is 2.96. The summed E-state index contributed by atoms with van der Waals surface area (Å²) >= 11 is 0. The number of para-hydroxylation sites is 2. The largest absolute Gasteiger partial charge is 0.497 e. The summed E-state index contributed by atoms with van der Waals surface area (Å²) in [6.07, 6.45) is 1.61. The average Bonchev–Trinajstić information content (AvgIpc) is 3.29. The first-order valence-electron chi connectivity index (χ1n) is 10.5. The van der Waals surface area contributed by atoms with Gasteiger partial charge in [-0.25, -0.2) is 8.42 Å². The zero-order chi connectivity index (χ0) is 24.7. The normalized spacial score (nSPS) is 11.2. The molecule has 0 aliphatic heterocycles. The molecule has 0 bridgehead atoms. The number of aromatic nitrogens is 2. The summed E-state index contributed by atoms with van der Waals surface area (Å²) in [5.41, 5.74) is 1.20. The van der Waals surface area contributed by atoms with E-state index >= 15 is 0 Å². The molecule has 1 amide bonds. The molecular formula is C23H28N4O6S. The number of sulfonamides is 1. The van der Waals surface area contributed by atoms with Crippen LogP contribution in [0.25, 0.3) is 11.4 Å². The van der Waals surface area contributed by atoms with Crippen LogP contribution in [0, 0.1) is 0 Å². The third kappa shape index (κ3) is 6.25. The maximum absolute atomic E-state index is 12.6. The summed E-state index contributed by atoms with van der Waals surface area (Å²) in [4.78, 5) is 18.4. The van der Waals surface area contributed by atoms with Gasteiger partial charge in [-0.1, -0.05) is 17.3 Å². The van der Waals surface area contributed by atoms with Crippen molar-refractivity contribution in [1.29, 1.82) is 0 Å². The van der Waals surface area contributed by atoms with E-state index in [-0.39, 0.29) is 25.4 Å². The van der Waals surface area contributed by atoms with Crippen molar-refractivity contribution in [1.82, 2.24) is 15.0 Å². The maximum atomic E-state index is 12.6. The van der Waals surface area contributed by atoms with Crippen LogP contribution in [0.2, 0.25) is 0 Å². The van der Waals surface area contributed by atoms with Crippen LogP contribution in [-0.4, -0.2) is 63.4 Å². The molecule has 11 heteroatoms. The molecule has 1 heterocycles. The lowest BCUT2D eigenvalue weighted by atomic mass is 10.2. The molecule has 10 nitrogen and oxygen atoms in total. The molecule has 1 aromatic heterocycles. The minimum atomic E-state index is -3.56. The van der Waals surface area contributed by atoms with Crippen LogP contribution in [0.4, 0.5) is 5.69 Å². The van der Waals surface area contributed by atoms with Crippen LogP contribution < -0.4 is 13.8 Å². The third-order valence-electron chi connectivity index (χ3n) is 5.12. The first-order chi connectivity index (χ1) is 16.2. The highest BCUT2D eigenvalue weighted by Crippen LogP contribution is 2.29. The number of benzene rings is 2. The highest BCUT2D eigenvalue weighted by Gasteiger charge is 2.22. The van der Waals surface area contributed by atoms with Crippen LogP contribution in [0.3, 0.4) is 0 Å². The van der Waals surface area contributed by atoms with Crippen molar-refractivity contribution >= 4 is 21.6 Å². The van der Waals surface area contributed by atoms with E-state index in [0.717, 1.165) is 17.6 Å². The summed E-state index contributed by atoms with van der Waals surface area (Å²) in [5, 5.41) is 3.97. The molecule has 34 heavy (non-hydrogen) atoms. The van der Waals surface area contributed by atoms with E-state index in [2.05, 4.69) is 10.1 Å². The van der Waals surface area contributed by atoms with Gasteiger partial charge in [0.25, 0.3) is 0 Å². The number of methoxy groups -OCH3 is 2. The van der Waals surface area contributed by atoms with Crippen LogP contribution in [0.1, 0.15) is 18.7 Å². The summed E-state index contributed by atoms with van der Waals surface area (Å²) in [6, 6.07) is 14.1. The summed E-state index contributed by atoms with van der Waals surface area (Å²) in [5.74, 6) is 1.71. The van der Waals surface area contributed by atoms with E-state index in [1.165, 1.54) is 16.3 Å². The Labute approximate surface area is 199 Å². The lowest BCUT2D eigenvalue weighted by Gasteiger charge is -2.24. The van der Waals surface area contributed by atoms with Crippen molar-refractivity contribution < 1.29 is 27.2 Å². The zero-order valence-electron chi connectivity index (χ0n) is 19.6. The quantitative estimate of drug-likeness (QED) is 0.405. The second kappa shape index (κ2) is 11.0.